The molecule has 8 heteroatoms. The predicted octanol–water partition coefficient (Wildman–Crippen LogP) is 1.69. The third-order valence-corrected chi connectivity index (χ3v) is 3.19. The van der Waals surface area contributed by atoms with E-state index in [0.29, 0.717) is 0 Å². The van der Waals surface area contributed by atoms with Gasteiger partial charge in [0, 0.05) is 12.5 Å². The monoisotopic (exact) mass is 315 g/mol. The zero-order chi connectivity index (χ0) is 15.8. The number of carbonyl (C=O) groups excluding carboxylic acids is 3. The molecule has 0 spiro atoms. The molecule has 0 aliphatic heterocycles. The summed E-state index contributed by atoms with van der Waals surface area (Å²) in [7, 11) is 1.38. The molecule has 0 aromatic carbocycles. The minimum Gasteiger partial charge on any atom is -0.462 e. The molecule has 0 fully saturated rings. The lowest BCUT2D eigenvalue weighted by Gasteiger charge is -2.08. The van der Waals surface area contributed by atoms with Crippen molar-refractivity contribution in [2.24, 2.45) is 0 Å². The second-order valence-electron chi connectivity index (χ2n) is 3.78. The van der Waals surface area contributed by atoms with Gasteiger partial charge in [-0.25, -0.2) is 9.59 Å². The average Bonchev–Trinajstić information content (AvgIpc) is 2.83. The molecule has 1 aromatic rings. The van der Waals surface area contributed by atoms with Gasteiger partial charge in [-0.1, -0.05) is 0 Å². The number of carbonyl (C=O) groups is 3. The SMILES string of the molecule is CCOC(=O)c1csc(NC(=O)COC)c1C(=O)OCC. The van der Waals surface area contributed by atoms with Gasteiger partial charge in [0.2, 0.25) is 0 Å². The summed E-state index contributed by atoms with van der Waals surface area (Å²) in [6.45, 7) is 3.49. The first-order valence-electron chi connectivity index (χ1n) is 6.29. The molecule has 1 rings (SSSR count). The van der Waals surface area contributed by atoms with Crippen LogP contribution in [0, 0.1) is 0 Å². The highest BCUT2D eigenvalue weighted by Gasteiger charge is 2.26. The smallest absolute Gasteiger partial charge is 0.342 e. The topological polar surface area (TPSA) is 90.9 Å². The van der Waals surface area contributed by atoms with E-state index in [2.05, 4.69) is 5.32 Å². The highest BCUT2D eigenvalue weighted by atomic mass is 32.1. The molecule has 0 atom stereocenters. The van der Waals surface area contributed by atoms with Crippen molar-refractivity contribution in [1.82, 2.24) is 0 Å². The van der Waals surface area contributed by atoms with Crippen molar-refractivity contribution in [2.75, 3.05) is 32.2 Å². The van der Waals surface area contributed by atoms with Crippen molar-refractivity contribution in [2.45, 2.75) is 13.8 Å². The molecule has 0 unspecified atom stereocenters. The van der Waals surface area contributed by atoms with Crippen LogP contribution in [0.3, 0.4) is 0 Å². The molecule has 0 saturated carbocycles. The number of hydrogen-bond acceptors (Lipinski definition) is 7. The van der Waals surface area contributed by atoms with Crippen LogP contribution >= 0.6 is 11.3 Å². The molecule has 0 bridgehead atoms. The van der Waals surface area contributed by atoms with Gasteiger partial charge in [-0.15, -0.1) is 11.3 Å². The van der Waals surface area contributed by atoms with Gasteiger partial charge in [-0.3, -0.25) is 4.79 Å². The Morgan fingerprint density at radius 3 is 2.33 bits per heavy atom. The second kappa shape index (κ2) is 8.38. The third-order valence-electron chi connectivity index (χ3n) is 2.29. The first-order chi connectivity index (χ1) is 10.0. The van der Waals surface area contributed by atoms with Gasteiger partial charge in [0.25, 0.3) is 5.91 Å². The Labute approximate surface area is 126 Å². The van der Waals surface area contributed by atoms with E-state index >= 15 is 0 Å². The summed E-state index contributed by atoms with van der Waals surface area (Å²) < 4.78 is 14.5. The van der Waals surface area contributed by atoms with Crippen molar-refractivity contribution < 1.29 is 28.6 Å². The zero-order valence-corrected chi connectivity index (χ0v) is 12.9. The minimum absolute atomic E-state index is 0.00440. The molecule has 1 heterocycles. The Morgan fingerprint density at radius 2 is 1.76 bits per heavy atom. The van der Waals surface area contributed by atoms with Crippen LogP contribution in [0.1, 0.15) is 34.6 Å². The fourth-order valence-corrected chi connectivity index (χ4v) is 2.44. The largest absolute Gasteiger partial charge is 0.462 e. The van der Waals surface area contributed by atoms with E-state index in [1.807, 2.05) is 0 Å². The molecular formula is C13H17NO6S. The van der Waals surface area contributed by atoms with Gasteiger partial charge in [-0.05, 0) is 13.8 Å². The van der Waals surface area contributed by atoms with Crippen LogP contribution in [-0.4, -0.2) is 44.8 Å². The van der Waals surface area contributed by atoms with Crippen LogP contribution in [0.4, 0.5) is 5.00 Å². The van der Waals surface area contributed by atoms with Gasteiger partial charge >= 0.3 is 11.9 Å². The number of amides is 1. The standard InChI is InChI=1S/C13H17NO6S/c1-4-19-12(16)8-7-21-11(14-9(15)6-18-3)10(8)13(17)20-5-2/h7H,4-6H2,1-3H3,(H,14,15). The Bertz CT molecular complexity index is 525. The molecule has 1 aromatic heterocycles. The van der Waals surface area contributed by atoms with Crippen molar-refractivity contribution in [3.8, 4) is 0 Å². The summed E-state index contributed by atoms with van der Waals surface area (Å²) >= 11 is 1.05. The summed E-state index contributed by atoms with van der Waals surface area (Å²) in [5.41, 5.74) is 0.0813. The number of anilines is 1. The Hall–Kier alpha value is -1.93. The summed E-state index contributed by atoms with van der Waals surface area (Å²) in [6.07, 6.45) is 0. The molecule has 0 saturated heterocycles. The third kappa shape index (κ3) is 4.54. The van der Waals surface area contributed by atoms with Gasteiger partial charge in [-0.2, -0.15) is 0 Å². The number of thiophene rings is 1. The lowest BCUT2D eigenvalue weighted by atomic mass is 10.2. The summed E-state index contributed by atoms with van der Waals surface area (Å²) in [5, 5.41) is 4.20. The van der Waals surface area contributed by atoms with Crippen LogP contribution in [0.25, 0.3) is 0 Å². The van der Waals surface area contributed by atoms with Crippen LogP contribution in [0.15, 0.2) is 5.38 Å². The Kier molecular flexibility index (Phi) is 6.83. The van der Waals surface area contributed by atoms with E-state index in [0.717, 1.165) is 11.3 Å². The molecule has 21 heavy (non-hydrogen) atoms. The molecular weight excluding hydrogens is 298 g/mol. The van der Waals surface area contributed by atoms with E-state index in [1.165, 1.54) is 12.5 Å². The maximum Gasteiger partial charge on any atom is 0.342 e. The second-order valence-corrected chi connectivity index (χ2v) is 4.66. The van der Waals surface area contributed by atoms with Gasteiger partial charge in [0.05, 0.1) is 18.8 Å². The number of nitrogens with one attached hydrogen (secondary N) is 1. The van der Waals surface area contributed by atoms with Crippen LogP contribution in [0.2, 0.25) is 0 Å². The van der Waals surface area contributed by atoms with Crippen molar-refractivity contribution in [1.29, 1.82) is 0 Å². The minimum atomic E-state index is -0.686. The summed E-state index contributed by atoms with van der Waals surface area (Å²) in [6, 6.07) is 0. The zero-order valence-electron chi connectivity index (χ0n) is 12.1. The van der Waals surface area contributed by atoms with E-state index < -0.39 is 17.8 Å². The summed E-state index contributed by atoms with van der Waals surface area (Å²) in [5.74, 6) is -1.75. The fourth-order valence-electron chi connectivity index (χ4n) is 1.51. The van der Waals surface area contributed by atoms with Gasteiger partial charge in [0.15, 0.2) is 0 Å². The number of hydrogen-bond donors (Lipinski definition) is 1. The normalized spacial score (nSPS) is 10.0. The van der Waals surface area contributed by atoms with E-state index in [1.54, 1.807) is 13.8 Å². The van der Waals surface area contributed by atoms with Crippen molar-refractivity contribution in [3.05, 3.63) is 16.5 Å². The van der Waals surface area contributed by atoms with Crippen molar-refractivity contribution in [3.63, 3.8) is 0 Å². The predicted molar refractivity (Wildman–Crippen MR) is 76.7 cm³/mol. The average molecular weight is 315 g/mol. The molecule has 116 valence electrons. The first kappa shape index (κ1) is 17.1. The highest BCUT2D eigenvalue weighted by molar-refractivity contribution is 7.15. The lowest BCUT2D eigenvalue weighted by molar-refractivity contribution is -0.119. The van der Waals surface area contributed by atoms with E-state index in [-0.39, 0.29) is 35.9 Å². The van der Waals surface area contributed by atoms with Crippen molar-refractivity contribution >= 4 is 34.2 Å². The Morgan fingerprint density at radius 1 is 1.14 bits per heavy atom. The maximum atomic E-state index is 12.0. The van der Waals surface area contributed by atoms with Crippen LogP contribution in [0.5, 0.6) is 0 Å². The number of rotatable bonds is 7. The number of ether oxygens (including phenoxy) is 3. The van der Waals surface area contributed by atoms with Crippen LogP contribution < -0.4 is 5.32 Å². The van der Waals surface area contributed by atoms with E-state index in [9.17, 15) is 14.4 Å². The number of methoxy groups -OCH3 is 1. The quantitative estimate of drug-likeness (QED) is 0.770. The Balaban J connectivity index is 3.10. The molecule has 0 aliphatic carbocycles. The fraction of sp³-hybridized carbons (Fsp3) is 0.462. The molecule has 0 radical (unpaired) electrons. The maximum absolute atomic E-state index is 12.0. The summed E-state index contributed by atoms with van der Waals surface area (Å²) in [4.78, 5) is 35.4. The van der Waals surface area contributed by atoms with Crippen LogP contribution in [-0.2, 0) is 19.0 Å². The number of esters is 2. The first-order valence-corrected chi connectivity index (χ1v) is 7.17. The molecule has 0 aliphatic rings. The lowest BCUT2D eigenvalue weighted by Crippen LogP contribution is -2.19. The molecule has 7 nitrogen and oxygen atoms in total. The van der Waals surface area contributed by atoms with Gasteiger partial charge < -0.3 is 19.5 Å². The molecule has 1 amide bonds. The van der Waals surface area contributed by atoms with Gasteiger partial charge in [0.1, 0.15) is 17.2 Å². The highest BCUT2D eigenvalue weighted by Crippen LogP contribution is 2.29. The van der Waals surface area contributed by atoms with E-state index in [4.69, 9.17) is 14.2 Å². The molecule has 1 N–H and O–H groups in total.